The number of allylic oxidation sites excluding steroid dienone is 3. The molecule has 0 saturated carbocycles. The van der Waals surface area contributed by atoms with Gasteiger partial charge < -0.3 is 0 Å². The smallest absolute Gasteiger partial charge is 0 e. The van der Waals surface area contributed by atoms with E-state index >= 15 is 0 Å². The minimum Gasteiger partial charge on any atom is -0.200 e. The molecule has 0 aliphatic rings. The van der Waals surface area contributed by atoms with E-state index in [2.05, 4.69) is 26.7 Å². The second kappa shape index (κ2) is 15.7. The van der Waals surface area contributed by atoms with Crippen LogP contribution in [0.1, 0.15) is 6.92 Å². The SMILES string of the molecule is C=C.C=C/C([CH2-])=C\C.[Y]. The van der Waals surface area contributed by atoms with Crippen LogP contribution in [0.4, 0.5) is 0 Å². The molecule has 0 aromatic carbocycles. The van der Waals surface area contributed by atoms with Gasteiger partial charge in [0, 0.05) is 32.7 Å². The van der Waals surface area contributed by atoms with Crippen LogP contribution in [0.15, 0.2) is 37.5 Å². The standard InChI is InChI=1S/C6H9.C2H4.Y/c1-4-6(3)5-2;1-2;/h4-5H,1,3H2,2H3;1-2H2;/q-1;;/b6-5-;;. The van der Waals surface area contributed by atoms with Crippen molar-refractivity contribution in [2.45, 2.75) is 6.92 Å². The Labute approximate surface area is 83.6 Å². The van der Waals surface area contributed by atoms with Gasteiger partial charge in [0.2, 0.25) is 0 Å². The molecule has 1 heteroatoms. The zero-order valence-corrected chi connectivity index (χ0v) is 8.90. The average Bonchev–Trinajstić information content (AvgIpc) is 1.91. The molecule has 0 rings (SSSR count). The molecule has 0 aromatic heterocycles. The minimum absolute atomic E-state index is 0. The number of hydrogen-bond acceptors (Lipinski definition) is 0. The van der Waals surface area contributed by atoms with E-state index in [1.807, 2.05) is 13.0 Å². The topological polar surface area (TPSA) is 0 Å². The van der Waals surface area contributed by atoms with Crippen molar-refractivity contribution in [1.82, 2.24) is 0 Å². The van der Waals surface area contributed by atoms with Crippen LogP contribution in [0.2, 0.25) is 0 Å². The first-order chi connectivity index (χ1) is 3.81. The van der Waals surface area contributed by atoms with Crippen LogP contribution >= 0.6 is 0 Å². The van der Waals surface area contributed by atoms with Gasteiger partial charge in [-0.05, 0) is 0 Å². The molecule has 0 saturated heterocycles. The van der Waals surface area contributed by atoms with E-state index < -0.39 is 0 Å². The first kappa shape index (κ1) is 16.1. The summed E-state index contributed by atoms with van der Waals surface area (Å²) in [6.07, 6.45) is 3.63. The molecule has 0 nitrogen and oxygen atoms in total. The van der Waals surface area contributed by atoms with Crippen LogP contribution in [0, 0.1) is 6.92 Å². The first-order valence-electron chi connectivity index (χ1n) is 2.42. The Morgan fingerprint density at radius 1 is 1.44 bits per heavy atom. The summed E-state index contributed by atoms with van der Waals surface area (Å²) < 4.78 is 0. The quantitative estimate of drug-likeness (QED) is 0.345. The molecule has 0 aliphatic carbocycles. The summed E-state index contributed by atoms with van der Waals surface area (Å²) in [5.74, 6) is 0. The molecule has 0 aromatic rings. The van der Waals surface area contributed by atoms with Crippen molar-refractivity contribution in [3.8, 4) is 0 Å². The van der Waals surface area contributed by atoms with Gasteiger partial charge in [-0.3, -0.25) is 0 Å². The van der Waals surface area contributed by atoms with E-state index in [9.17, 15) is 0 Å². The van der Waals surface area contributed by atoms with Crippen molar-refractivity contribution in [2.75, 3.05) is 0 Å². The van der Waals surface area contributed by atoms with Crippen LogP contribution < -0.4 is 0 Å². The molecule has 0 unspecified atom stereocenters. The Balaban J connectivity index is -0.000000109. The normalized spacial score (nSPS) is 7.89. The van der Waals surface area contributed by atoms with Gasteiger partial charge in [0.05, 0.1) is 0 Å². The van der Waals surface area contributed by atoms with Gasteiger partial charge in [0.25, 0.3) is 0 Å². The summed E-state index contributed by atoms with van der Waals surface area (Å²) in [4.78, 5) is 0. The summed E-state index contributed by atoms with van der Waals surface area (Å²) in [6.45, 7) is 15.1. The van der Waals surface area contributed by atoms with E-state index in [1.165, 1.54) is 0 Å². The second-order valence-corrected chi connectivity index (χ2v) is 1.07. The van der Waals surface area contributed by atoms with Gasteiger partial charge in [-0.15, -0.1) is 13.2 Å². The maximum absolute atomic E-state index is 3.62. The molecule has 0 atom stereocenters. The van der Waals surface area contributed by atoms with Gasteiger partial charge in [-0.2, -0.15) is 31.2 Å². The van der Waals surface area contributed by atoms with E-state index in [1.54, 1.807) is 6.08 Å². The monoisotopic (exact) mass is 198 g/mol. The number of rotatable bonds is 1. The Morgan fingerprint density at radius 3 is 1.78 bits per heavy atom. The number of hydrogen-bond donors (Lipinski definition) is 0. The second-order valence-electron chi connectivity index (χ2n) is 1.07. The minimum atomic E-state index is 0. The summed E-state index contributed by atoms with van der Waals surface area (Å²) in [5.41, 5.74) is 0.981. The van der Waals surface area contributed by atoms with Gasteiger partial charge in [-0.1, -0.05) is 6.92 Å². The van der Waals surface area contributed by atoms with Crippen LogP contribution in [0.3, 0.4) is 0 Å². The van der Waals surface area contributed by atoms with Crippen molar-refractivity contribution in [2.24, 2.45) is 0 Å². The van der Waals surface area contributed by atoms with Crippen LogP contribution in [0.5, 0.6) is 0 Å². The van der Waals surface area contributed by atoms with E-state index in [0.29, 0.717) is 0 Å². The largest absolute Gasteiger partial charge is 0.200 e. The van der Waals surface area contributed by atoms with Gasteiger partial charge in [0.1, 0.15) is 0 Å². The predicted octanol–water partition coefficient (Wildman–Crippen LogP) is 2.75. The van der Waals surface area contributed by atoms with E-state index in [0.717, 1.165) is 5.57 Å². The average molecular weight is 198 g/mol. The molecular weight excluding hydrogens is 185 g/mol. The summed E-state index contributed by atoms with van der Waals surface area (Å²) >= 11 is 0. The fraction of sp³-hybridized carbons (Fsp3) is 0.125. The van der Waals surface area contributed by atoms with Gasteiger partial charge >= 0.3 is 0 Å². The maximum Gasteiger partial charge on any atom is 0 e. The predicted molar refractivity (Wildman–Crippen MR) is 40.6 cm³/mol. The fourth-order valence-corrected chi connectivity index (χ4v) is 0.118. The molecule has 0 heterocycles. The zero-order chi connectivity index (χ0) is 6.99. The molecule has 0 amide bonds. The third kappa shape index (κ3) is 17.9. The van der Waals surface area contributed by atoms with Crippen molar-refractivity contribution in [1.29, 1.82) is 0 Å². The molecule has 0 fully saturated rings. The molecular formula is C8H13Y-. The Bertz CT molecular complexity index is 82.6. The van der Waals surface area contributed by atoms with Crippen LogP contribution in [-0.2, 0) is 32.7 Å². The summed E-state index contributed by atoms with van der Waals surface area (Å²) in [7, 11) is 0. The summed E-state index contributed by atoms with van der Waals surface area (Å²) in [5, 5.41) is 0. The van der Waals surface area contributed by atoms with Crippen molar-refractivity contribution >= 4 is 0 Å². The molecule has 1 radical (unpaired) electrons. The van der Waals surface area contributed by atoms with E-state index in [4.69, 9.17) is 0 Å². The molecule has 0 spiro atoms. The molecule has 49 valence electrons. The maximum atomic E-state index is 3.62. The molecule has 0 N–H and O–H groups in total. The van der Waals surface area contributed by atoms with Gasteiger partial charge in [0.15, 0.2) is 0 Å². The third-order valence-corrected chi connectivity index (χ3v) is 0.633. The Hall–Kier alpha value is 0.194. The van der Waals surface area contributed by atoms with Crippen molar-refractivity contribution in [3.05, 3.63) is 44.4 Å². The van der Waals surface area contributed by atoms with Crippen LogP contribution in [-0.4, -0.2) is 0 Å². The van der Waals surface area contributed by atoms with Crippen molar-refractivity contribution in [3.63, 3.8) is 0 Å². The van der Waals surface area contributed by atoms with Crippen molar-refractivity contribution < 1.29 is 32.7 Å². The molecule has 9 heavy (non-hydrogen) atoms. The zero-order valence-electron chi connectivity index (χ0n) is 6.06. The van der Waals surface area contributed by atoms with E-state index in [-0.39, 0.29) is 32.7 Å². The molecule has 0 bridgehead atoms. The van der Waals surface area contributed by atoms with Crippen LogP contribution in [0.25, 0.3) is 0 Å². The third-order valence-electron chi connectivity index (χ3n) is 0.633. The Kier molecular flexibility index (Phi) is 28.1. The first-order valence-corrected chi connectivity index (χ1v) is 2.42. The summed E-state index contributed by atoms with van der Waals surface area (Å²) in [6, 6.07) is 0. The fourth-order valence-electron chi connectivity index (χ4n) is 0.118. The van der Waals surface area contributed by atoms with Gasteiger partial charge in [-0.25, -0.2) is 0 Å². The molecule has 0 aliphatic heterocycles. The Morgan fingerprint density at radius 2 is 1.78 bits per heavy atom.